The molecule has 0 rings (SSSR count). The Balaban J connectivity index is 4.70. The van der Waals surface area contributed by atoms with E-state index in [0.29, 0.717) is 10.5 Å². The molecular formula is C13H28O3Si3. The molecule has 0 N–H and O–H groups in total. The van der Waals surface area contributed by atoms with Gasteiger partial charge < -0.3 is 13.3 Å². The second kappa shape index (κ2) is 10.5. The summed E-state index contributed by atoms with van der Waals surface area (Å²) in [5.74, 6) is -0.812. The van der Waals surface area contributed by atoms with Crippen LogP contribution in [0.3, 0.4) is 0 Å². The quantitative estimate of drug-likeness (QED) is 0.341. The topological polar surface area (TPSA) is 27.7 Å². The van der Waals surface area contributed by atoms with E-state index in [-0.39, 0.29) is 0 Å². The lowest BCUT2D eigenvalue weighted by molar-refractivity contribution is -0.256. The van der Waals surface area contributed by atoms with E-state index < -0.39 is 25.5 Å². The molecule has 3 nitrogen and oxygen atoms in total. The maximum Gasteiger partial charge on any atom is 0.253 e. The average Bonchev–Trinajstić information content (AvgIpc) is 2.46. The van der Waals surface area contributed by atoms with E-state index in [1.54, 1.807) is 0 Å². The van der Waals surface area contributed by atoms with Gasteiger partial charge in [-0.3, -0.25) is 0 Å². The van der Waals surface area contributed by atoms with Crippen molar-refractivity contribution in [3.05, 3.63) is 35.2 Å². The highest BCUT2D eigenvalue weighted by Gasteiger charge is 2.30. The van der Waals surface area contributed by atoms with Crippen molar-refractivity contribution in [1.82, 2.24) is 0 Å². The van der Waals surface area contributed by atoms with E-state index in [2.05, 4.69) is 32.6 Å². The zero-order chi connectivity index (χ0) is 14.7. The first-order valence-corrected chi connectivity index (χ1v) is 10.1. The van der Waals surface area contributed by atoms with Crippen LogP contribution in [0.4, 0.5) is 0 Å². The SMILES string of the molecule is C=CCCC(O[SiH3])(O[SiH2]C(C)=CC)O[SiH2]C(C)=CC. The lowest BCUT2D eigenvalue weighted by Crippen LogP contribution is -2.41. The molecule has 0 saturated carbocycles. The van der Waals surface area contributed by atoms with Crippen LogP contribution in [0.25, 0.3) is 0 Å². The lowest BCUT2D eigenvalue weighted by atomic mass is 10.3. The molecule has 19 heavy (non-hydrogen) atoms. The van der Waals surface area contributed by atoms with E-state index in [1.165, 1.54) is 10.4 Å². The van der Waals surface area contributed by atoms with Crippen LogP contribution < -0.4 is 0 Å². The van der Waals surface area contributed by atoms with Gasteiger partial charge in [-0.2, -0.15) is 0 Å². The molecule has 0 aliphatic carbocycles. The van der Waals surface area contributed by atoms with E-state index in [9.17, 15) is 0 Å². The van der Waals surface area contributed by atoms with Crippen molar-refractivity contribution in [1.29, 1.82) is 0 Å². The fraction of sp³-hybridized carbons (Fsp3) is 0.538. The van der Waals surface area contributed by atoms with Gasteiger partial charge in [0.25, 0.3) is 5.97 Å². The van der Waals surface area contributed by atoms with Crippen LogP contribution in [-0.4, -0.2) is 36.0 Å². The molecule has 0 amide bonds. The van der Waals surface area contributed by atoms with Crippen LogP contribution in [0, 0.1) is 0 Å². The number of hydrogen-bond acceptors (Lipinski definition) is 3. The summed E-state index contributed by atoms with van der Waals surface area (Å²) in [5, 5.41) is 2.63. The summed E-state index contributed by atoms with van der Waals surface area (Å²) in [6, 6.07) is 0. The molecule has 0 radical (unpaired) electrons. The molecule has 0 unspecified atom stereocenters. The summed E-state index contributed by atoms with van der Waals surface area (Å²) in [7, 11) is -0.906. The largest absolute Gasteiger partial charge is 0.382 e. The van der Waals surface area contributed by atoms with Gasteiger partial charge in [0.2, 0.25) is 0 Å². The van der Waals surface area contributed by atoms with E-state index in [4.69, 9.17) is 13.3 Å². The van der Waals surface area contributed by atoms with Gasteiger partial charge in [-0.25, -0.2) is 0 Å². The van der Waals surface area contributed by atoms with E-state index in [1.807, 2.05) is 19.9 Å². The van der Waals surface area contributed by atoms with E-state index in [0.717, 1.165) is 12.8 Å². The number of rotatable bonds is 10. The number of allylic oxidation sites excluding steroid dienone is 5. The number of hydrogen-bond donors (Lipinski definition) is 0. The molecular weight excluding hydrogens is 288 g/mol. The standard InChI is InChI=1S/C13H28O3Si3/c1-6-9-10-13(14-17,15-18-11(4)7-2)16-19-12(5)8-3/h6-8H,1,9-10,18-19H2,2-5,17H3. The highest BCUT2D eigenvalue weighted by molar-refractivity contribution is 6.39. The predicted molar refractivity (Wildman–Crippen MR) is 91.3 cm³/mol. The fourth-order valence-electron chi connectivity index (χ4n) is 1.30. The first-order chi connectivity index (χ1) is 9.03. The summed E-state index contributed by atoms with van der Waals surface area (Å²) in [4.78, 5) is 0. The highest BCUT2D eigenvalue weighted by atomic mass is 28.2. The van der Waals surface area contributed by atoms with Gasteiger partial charge >= 0.3 is 0 Å². The Bertz CT molecular complexity index is 305. The van der Waals surface area contributed by atoms with Crippen LogP contribution in [0.2, 0.25) is 0 Å². The minimum Gasteiger partial charge on any atom is -0.382 e. The molecule has 110 valence electrons. The maximum absolute atomic E-state index is 6.05. The fourth-order valence-corrected chi connectivity index (χ4v) is 4.30. The first-order valence-electron chi connectivity index (χ1n) is 6.71. The van der Waals surface area contributed by atoms with Crippen LogP contribution >= 0.6 is 0 Å². The third-order valence-corrected chi connectivity index (χ3v) is 6.51. The van der Waals surface area contributed by atoms with Crippen LogP contribution in [0.15, 0.2) is 35.2 Å². The Morgan fingerprint density at radius 2 is 1.63 bits per heavy atom. The second-order valence-corrected chi connectivity index (χ2v) is 8.36. The van der Waals surface area contributed by atoms with Crippen molar-refractivity contribution in [2.75, 3.05) is 0 Å². The van der Waals surface area contributed by atoms with Gasteiger partial charge in [-0.05, 0) is 34.1 Å². The van der Waals surface area contributed by atoms with Crippen LogP contribution in [0.1, 0.15) is 40.5 Å². The minimum atomic E-state index is -0.812. The molecule has 0 saturated heterocycles. The average molecular weight is 317 g/mol. The van der Waals surface area contributed by atoms with Crippen molar-refractivity contribution >= 4 is 30.0 Å². The van der Waals surface area contributed by atoms with Gasteiger partial charge in [-0.1, -0.05) is 28.6 Å². The van der Waals surface area contributed by atoms with Gasteiger partial charge in [0.1, 0.15) is 0 Å². The Kier molecular flexibility index (Phi) is 10.4. The van der Waals surface area contributed by atoms with E-state index >= 15 is 0 Å². The van der Waals surface area contributed by atoms with Gasteiger partial charge in [0, 0.05) is 6.42 Å². The normalized spacial score (nSPS) is 17.7. The molecule has 0 aromatic heterocycles. The summed E-state index contributed by atoms with van der Waals surface area (Å²) in [6.07, 6.45) is 7.66. The molecule has 6 heteroatoms. The van der Waals surface area contributed by atoms with Gasteiger partial charge in [0.05, 0.1) is 0 Å². The minimum absolute atomic E-state index is 0.607. The predicted octanol–water partition coefficient (Wildman–Crippen LogP) is 0.952. The van der Waals surface area contributed by atoms with Crippen molar-refractivity contribution in [2.45, 2.75) is 46.5 Å². The zero-order valence-electron chi connectivity index (χ0n) is 13.0. The van der Waals surface area contributed by atoms with Gasteiger partial charge in [-0.15, -0.1) is 6.58 Å². The summed E-state index contributed by atoms with van der Waals surface area (Å²) < 4.78 is 17.8. The van der Waals surface area contributed by atoms with Gasteiger partial charge in [0.15, 0.2) is 30.0 Å². The summed E-state index contributed by atoms with van der Waals surface area (Å²) in [6.45, 7) is 12.1. The molecule has 0 aromatic rings. The molecule has 0 aromatic carbocycles. The second-order valence-electron chi connectivity index (χ2n) is 4.56. The zero-order valence-corrected chi connectivity index (χ0v) is 17.8. The maximum atomic E-state index is 6.05. The first kappa shape index (κ1) is 18.8. The van der Waals surface area contributed by atoms with Crippen molar-refractivity contribution in [3.63, 3.8) is 0 Å². The molecule has 0 aliphatic rings. The van der Waals surface area contributed by atoms with Crippen LogP contribution in [0.5, 0.6) is 0 Å². The summed E-state index contributed by atoms with van der Waals surface area (Å²) >= 11 is 0. The molecule has 0 heterocycles. The Morgan fingerprint density at radius 1 is 1.16 bits per heavy atom. The molecule has 0 fully saturated rings. The van der Waals surface area contributed by atoms with Crippen molar-refractivity contribution < 1.29 is 13.3 Å². The molecule has 0 atom stereocenters. The Labute approximate surface area is 125 Å². The summed E-state index contributed by atoms with van der Waals surface area (Å²) in [5.41, 5.74) is 0. The Hall–Kier alpha value is -0.249. The molecule has 0 aliphatic heterocycles. The third kappa shape index (κ3) is 7.81. The van der Waals surface area contributed by atoms with Crippen LogP contribution in [-0.2, 0) is 13.3 Å². The third-order valence-electron chi connectivity index (χ3n) is 2.99. The highest BCUT2D eigenvalue weighted by Crippen LogP contribution is 2.21. The monoisotopic (exact) mass is 316 g/mol. The lowest BCUT2D eigenvalue weighted by Gasteiger charge is -2.33. The Morgan fingerprint density at radius 3 is 1.95 bits per heavy atom. The van der Waals surface area contributed by atoms with Crippen molar-refractivity contribution in [3.8, 4) is 0 Å². The molecule has 0 spiro atoms. The molecule has 0 bridgehead atoms. The smallest absolute Gasteiger partial charge is 0.253 e. The van der Waals surface area contributed by atoms with Crippen molar-refractivity contribution in [2.24, 2.45) is 0 Å².